The first-order chi connectivity index (χ1) is 7.72. The van der Waals surface area contributed by atoms with Gasteiger partial charge in [-0.15, -0.1) is 0 Å². The van der Waals surface area contributed by atoms with E-state index in [1.165, 1.54) is 0 Å². The zero-order chi connectivity index (χ0) is 11.8. The van der Waals surface area contributed by atoms with Gasteiger partial charge in [-0.25, -0.2) is 0 Å². The van der Waals surface area contributed by atoms with Gasteiger partial charge in [-0.3, -0.25) is 4.79 Å². The van der Waals surface area contributed by atoms with Gasteiger partial charge in [-0.1, -0.05) is 38.5 Å². The molecule has 88 valence electrons. The van der Waals surface area contributed by atoms with Crippen LogP contribution in [-0.2, 0) is 4.79 Å². The van der Waals surface area contributed by atoms with Crippen molar-refractivity contribution in [2.75, 3.05) is 18.4 Å². The summed E-state index contributed by atoms with van der Waals surface area (Å²) in [7, 11) is 0. The predicted molar refractivity (Wildman–Crippen MR) is 67.4 cm³/mol. The van der Waals surface area contributed by atoms with Crippen LogP contribution in [0.15, 0.2) is 30.3 Å². The molecular formula is C13H20N2O. The van der Waals surface area contributed by atoms with E-state index in [-0.39, 0.29) is 5.91 Å². The Bertz CT molecular complexity index is 311. The van der Waals surface area contributed by atoms with Gasteiger partial charge in [-0.2, -0.15) is 0 Å². The van der Waals surface area contributed by atoms with Crippen LogP contribution in [-0.4, -0.2) is 19.0 Å². The summed E-state index contributed by atoms with van der Waals surface area (Å²) in [5, 5.41) is 5.98. The van der Waals surface area contributed by atoms with E-state index in [1.807, 2.05) is 30.3 Å². The van der Waals surface area contributed by atoms with Crippen molar-refractivity contribution in [3.05, 3.63) is 30.3 Å². The Kier molecular flexibility index (Phi) is 5.57. The number of nitrogens with one attached hydrogen (secondary N) is 2. The van der Waals surface area contributed by atoms with E-state index < -0.39 is 0 Å². The fraction of sp³-hybridized carbons (Fsp3) is 0.462. The summed E-state index contributed by atoms with van der Waals surface area (Å²) < 4.78 is 0. The largest absolute Gasteiger partial charge is 0.325 e. The van der Waals surface area contributed by atoms with Gasteiger partial charge < -0.3 is 10.6 Å². The quantitative estimate of drug-likeness (QED) is 0.772. The minimum absolute atomic E-state index is 0.00880. The smallest absolute Gasteiger partial charge is 0.238 e. The average Bonchev–Trinajstić information content (AvgIpc) is 2.30. The van der Waals surface area contributed by atoms with Crippen LogP contribution in [0, 0.1) is 5.92 Å². The number of hydrogen-bond donors (Lipinski definition) is 2. The Labute approximate surface area is 97.2 Å². The Morgan fingerprint density at radius 2 is 2.00 bits per heavy atom. The maximum absolute atomic E-state index is 11.5. The first kappa shape index (κ1) is 12.7. The highest BCUT2D eigenvalue weighted by Gasteiger charge is 2.02. The van der Waals surface area contributed by atoms with Gasteiger partial charge in [0, 0.05) is 5.69 Å². The molecule has 0 aromatic heterocycles. The standard InChI is InChI=1S/C13H20N2O/c1-3-11(2)9-14-10-13(16)15-12-7-5-4-6-8-12/h4-8,11,14H,3,9-10H2,1-2H3,(H,15,16). The van der Waals surface area contributed by atoms with Crippen LogP contribution in [0.2, 0.25) is 0 Å². The van der Waals surface area contributed by atoms with Crippen molar-refractivity contribution in [2.45, 2.75) is 20.3 Å². The van der Waals surface area contributed by atoms with Crippen LogP contribution in [0.4, 0.5) is 5.69 Å². The zero-order valence-electron chi connectivity index (χ0n) is 9.99. The average molecular weight is 220 g/mol. The Morgan fingerprint density at radius 3 is 2.62 bits per heavy atom. The molecule has 0 bridgehead atoms. The van der Waals surface area contributed by atoms with E-state index in [9.17, 15) is 4.79 Å². The predicted octanol–water partition coefficient (Wildman–Crippen LogP) is 2.26. The van der Waals surface area contributed by atoms with Gasteiger partial charge in [-0.05, 0) is 24.6 Å². The summed E-state index contributed by atoms with van der Waals surface area (Å²) in [6, 6.07) is 9.50. The second-order valence-electron chi connectivity index (χ2n) is 4.06. The van der Waals surface area contributed by atoms with Crippen LogP contribution in [0.25, 0.3) is 0 Å². The molecule has 0 heterocycles. The summed E-state index contributed by atoms with van der Waals surface area (Å²) in [5.41, 5.74) is 0.845. The van der Waals surface area contributed by atoms with Crippen molar-refractivity contribution in [1.29, 1.82) is 0 Å². The fourth-order valence-corrected chi connectivity index (χ4v) is 1.30. The van der Waals surface area contributed by atoms with Gasteiger partial charge in [0.25, 0.3) is 0 Å². The summed E-state index contributed by atoms with van der Waals surface area (Å²) in [6.45, 7) is 5.58. The number of carbonyl (C=O) groups excluding carboxylic acids is 1. The number of hydrogen-bond acceptors (Lipinski definition) is 2. The van der Waals surface area contributed by atoms with E-state index in [1.54, 1.807) is 0 Å². The van der Waals surface area contributed by atoms with Crippen LogP contribution < -0.4 is 10.6 Å². The van der Waals surface area contributed by atoms with Crippen molar-refractivity contribution in [2.24, 2.45) is 5.92 Å². The molecule has 3 heteroatoms. The lowest BCUT2D eigenvalue weighted by atomic mass is 10.1. The van der Waals surface area contributed by atoms with E-state index in [0.717, 1.165) is 18.7 Å². The fourth-order valence-electron chi connectivity index (χ4n) is 1.30. The number of rotatable bonds is 6. The second-order valence-corrected chi connectivity index (χ2v) is 4.06. The van der Waals surface area contributed by atoms with Crippen molar-refractivity contribution in [3.63, 3.8) is 0 Å². The lowest BCUT2D eigenvalue weighted by molar-refractivity contribution is -0.115. The Morgan fingerprint density at radius 1 is 1.31 bits per heavy atom. The topological polar surface area (TPSA) is 41.1 Å². The van der Waals surface area contributed by atoms with Crippen molar-refractivity contribution < 1.29 is 4.79 Å². The van der Waals surface area contributed by atoms with Gasteiger partial charge in [0.2, 0.25) is 5.91 Å². The zero-order valence-corrected chi connectivity index (χ0v) is 9.99. The van der Waals surface area contributed by atoms with E-state index in [0.29, 0.717) is 12.5 Å². The summed E-state index contributed by atoms with van der Waals surface area (Å²) >= 11 is 0. The number of benzene rings is 1. The third-order valence-corrected chi connectivity index (χ3v) is 2.53. The SMILES string of the molecule is CCC(C)CNCC(=O)Nc1ccccc1. The number of para-hydroxylation sites is 1. The maximum Gasteiger partial charge on any atom is 0.238 e. The normalized spacial score (nSPS) is 12.1. The molecule has 2 N–H and O–H groups in total. The molecule has 1 aromatic carbocycles. The molecule has 0 radical (unpaired) electrons. The molecule has 0 fully saturated rings. The first-order valence-corrected chi connectivity index (χ1v) is 5.78. The first-order valence-electron chi connectivity index (χ1n) is 5.78. The molecule has 0 spiro atoms. The molecule has 1 unspecified atom stereocenters. The lowest BCUT2D eigenvalue weighted by Gasteiger charge is -2.10. The summed E-state index contributed by atoms with van der Waals surface area (Å²) in [5.74, 6) is 0.624. The van der Waals surface area contributed by atoms with Crippen molar-refractivity contribution >= 4 is 11.6 Å². The van der Waals surface area contributed by atoms with Gasteiger partial charge in [0.05, 0.1) is 6.54 Å². The van der Waals surface area contributed by atoms with Gasteiger partial charge in [0.15, 0.2) is 0 Å². The summed E-state index contributed by atoms with van der Waals surface area (Å²) in [6.07, 6.45) is 1.13. The van der Waals surface area contributed by atoms with E-state index in [2.05, 4.69) is 24.5 Å². The highest BCUT2D eigenvalue weighted by Crippen LogP contribution is 2.04. The maximum atomic E-state index is 11.5. The lowest BCUT2D eigenvalue weighted by Crippen LogP contribution is -2.30. The highest BCUT2D eigenvalue weighted by atomic mass is 16.1. The molecule has 3 nitrogen and oxygen atoms in total. The Hall–Kier alpha value is -1.35. The molecule has 1 amide bonds. The molecular weight excluding hydrogens is 200 g/mol. The van der Waals surface area contributed by atoms with Crippen LogP contribution >= 0.6 is 0 Å². The second kappa shape index (κ2) is 7.01. The third-order valence-electron chi connectivity index (χ3n) is 2.53. The molecule has 1 atom stereocenters. The molecule has 1 aromatic rings. The number of amides is 1. The highest BCUT2D eigenvalue weighted by molar-refractivity contribution is 5.92. The monoisotopic (exact) mass is 220 g/mol. The minimum Gasteiger partial charge on any atom is -0.325 e. The molecule has 0 aliphatic heterocycles. The van der Waals surface area contributed by atoms with Crippen LogP contribution in [0.1, 0.15) is 20.3 Å². The van der Waals surface area contributed by atoms with Crippen molar-refractivity contribution in [3.8, 4) is 0 Å². The van der Waals surface area contributed by atoms with Crippen LogP contribution in [0.5, 0.6) is 0 Å². The van der Waals surface area contributed by atoms with Crippen molar-refractivity contribution in [1.82, 2.24) is 5.32 Å². The van der Waals surface area contributed by atoms with Crippen LogP contribution in [0.3, 0.4) is 0 Å². The number of anilines is 1. The summed E-state index contributed by atoms with van der Waals surface area (Å²) in [4.78, 5) is 11.5. The number of carbonyl (C=O) groups is 1. The molecule has 0 saturated carbocycles. The molecule has 1 rings (SSSR count). The van der Waals surface area contributed by atoms with Gasteiger partial charge >= 0.3 is 0 Å². The minimum atomic E-state index is 0.00880. The third kappa shape index (κ3) is 4.94. The molecule has 16 heavy (non-hydrogen) atoms. The molecule has 0 saturated heterocycles. The Balaban J connectivity index is 2.21. The van der Waals surface area contributed by atoms with E-state index in [4.69, 9.17) is 0 Å². The molecule has 0 aliphatic rings. The van der Waals surface area contributed by atoms with E-state index >= 15 is 0 Å². The van der Waals surface area contributed by atoms with Gasteiger partial charge in [0.1, 0.15) is 0 Å². The molecule has 0 aliphatic carbocycles.